The first-order valence-electron chi connectivity index (χ1n) is 10.2. The summed E-state index contributed by atoms with van der Waals surface area (Å²) in [7, 11) is 0. The molecule has 6 heteroatoms. The molecule has 1 saturated heterocycles. The van der Waals surface area contributed by atoms with E-state index in [0.717, 1.165) is 31.1 Å². The summed E-state index contributed by atoms with van der Waals surface area (Å²) in [5, 5.41) is 3.33. The maximum atomic E-state index is 12.5. The first-order chi connectivity index (χ1) is 14.1. The number of para-hydroxylation sites is 1. The van der Waals surface area contributed by atoms with Crippen LogP contribution in [0.5, 0.6) is 0 Å². The van der Waals surface area contributed by atoms with Crippen LogP contribution in [0.3, 0.4) is 0 Å². The van der Waals surface area contributed by atoms with Crippen molar-refractivity contribution in [3.63, 3.8) is 0 Å². The topological polar surface area (TPSA) is 78.1 Å². The van der Waals surface area contributed by atoms with Gasteiger partial charge in [-0.1, -0.05) is 43.3 Å². The van der Waals surface area contributed by atoms with Crippen molar-refractivity contribution in [2.75, 3.05) is 13.1 Å². The Balaban J connectivity index is 1.40. The van der Waals surface area contributed by atoms with Crippen molar-refractivity contribution >= 4 is 16.8 Å². The Bertz CT molecular complexity index is 1070. The maximum Gasteiger partial charge on any atom is 0.287 e. The van der Waals surface area contributed by atoms with Gasteiger partial charge in [0.15, 0.2) is 5.82 Å². The van der Waals surface area contributed by atoms with Crippen LogP contribution in [0.15, 0.2) is 53.3 Å². The van der Waals surface area contributed by atoms with Crippen LogP contribution >= 0.6 is 0 Å². The molecule has 0 radical (unpaired) electrons. The molecule has 1 aliphatic rings. The van der Waals surface area contributed by atoms with Crippen LogP contribution < -0.4 is 10.9 Å². The molecular formula is C23H26N4O2. The van der Waals surface area contributed by atoms with E-state index in [4.69, 9.17) is 0 Å². The number of aromatic amines is 1. The summed E-state index contributed by atoms with van der Waals surface area (Å²) >= 11 is 0. The maximum absolute atomic E-state index is 12.5. The lowest BCUT2D eigenvalue weighted by molar-refractivity contribution is 0.0940. The van der Waals surface area contributed by atoms with Crippen molar-refractivity contribution in [3.8, 4) is 0 Å². The van der Waals surface area contributed by atoms with Crippen LogP contribution in [-0.4, -0.2) is 33.9 Å². The van der Waals surface area contributed by atoms with Crippen LogP contribution in [-0.2, 0) is 13.1 Å². The number of carbonyl (C=O) groups is 1. The first kappa shape index (κ1) is 19.3. The van der Waals surface area contributed by atoms with E-state index in [-0.39, 0.29) is 17.3 Å². The molecule has 0 aliphatic carbocycles. The molecule has 2 aromatic carbocycles. The molecule has 0 saturated carbocycles. The fourth-order valence-corrected chi connectivity index (χ4v) is 3.78. The van der Waals surface area contributed by atoms with Crippen LogP contribution in [0.2, 0.25) is 0 Å². The van der Waals surface area contributed by atoms with Crippen molar-refractivity contribution in [2.24, 2.45) is 5.92 Å². The average Bonchev–Trinajstić information content (AvgIpc) is 2.74. The van der Waals surface area contributed by atoms with E-state index in [1.54, 1.807) is 24.3 Å². The lowest BCUT2D eigenvalue weighted by Crippen LogP contribution is -2.32. The van der Waals surface area contributed by atoms with E-state index in [1.807, 2.05) is 12.1 Å². The van der Waals surface area contributed by atoms with Gasteiger partial charge in [0.25, 0.3) is 11.5 Å². The van der Waals surface area contributed by atoms with E-state index in [2.05, 4.69) is 39.2 Å². The monoisotopic (exact) mass is 390 g/mol. The van der Waals surface area contributed by atoms with Gasteiger partial charge in [-0.15, -0.1) is 0 Å². The van der Waals surface area contributed by atoms with Gasteiger partial charge >= 0.3 is 0 Å². The van der Waals surface area contributed by atoms with E-state index < -0.39 is 0 Å². The fraction of sp³-hybridized carbons (Fsp3) is 0.348. The van der Waals surface area contributed by atoms with Gasteiger partial charge in [0.05, 0.1) is 10.9 Å². The summed E-state index contributed by atoms with van der Waals surface area (Å²) in [5.74, 6) is 0.471. The Hall–Kier alpha value is -2.99. The molecule has 1 aliphatic heterocycles. The zero-order valence-corrected chi connectivity index (χ0v) is 16.6. The van der Waals surface area contributed by atoms with E-state index >= 15 is 0 Å². The second-order valence-corrected chi connectivity index (χ2v) is 7.89. The number of nitrogens with one attached hydrogen (secondary N) is 2. The van der Waals surface area contributed by atoms with Gasteiger partial charge < -0.3 is 10.3 Å². The van der Waals surface area contributed by atoms with Gasteiger partial charge in [-0.25, -0.2) is 4.98 Å². The quantitative estimate of drug-likeness (QED) is 0.702. The molecule has 0 bridgehead atoms. The van der Waals surface area contributed by atoms with Gasteiger partial charge in [0.1, 0.15) is 0 Å². The Morgan fingerprint density at radius 3 is 2.72 bits per heavy atom. The summed E-state index contributed by atoms with van der Waals surface area (Å²) in [6.07, 6.45) is 2.51. The highest BCUT2D eigenvalue weighted by Crippen LogP contribution is 2.18. The summed E-state index contributed by atoms with van der Waals surface area (Å²) in [6.45, 7) is 5.93. The molecule has 4 rings (SSSR count). The average molecular weight is 390 g/mol. The van der Waals surface area contributed by atoms with Crippen molar-refractivity contribution in [3.05, 3.63) is 75.8 Å². The molecule has 0 spiro atoms. The first-order valence-corrected chi connectivity index (χ1v) is 10.2. The Labute approximate surface area is 170 Å². The SMILES string of the molecule is CC1CCN(Cc2cccc(CNC(=O)c3nc4ccccc4c(=O)[nH]3)c2)CC1. The molecule has 2 heterocycles. The van der Waals surface area contributed by atoms with E-state index in [1.165, 1.54) is 18.4 Å². The van der Waals surface area contributed by atoms with E-state index in [9.17, 15) is 9.59 Å². The Morgan fingerprint density at radius 2 is 1.90 bits per heavy atom. The molecule has 1 fully saturated rings. The molecule has 1 amide bonds. The predicted molar refractivity (Wildman–Crippen MR) is 114 cm³/mol. The van der Waals surface area contributed by atoms with Crippen LogP contribution in [0.4, 0.5) is 0 Å². The summed E-state index contributed by atoms with van der Waals surface area (Å²) in [5.41, 5.74) is 2.49. The highest BCUT2D eigenvalue weighted by molar-refractivity contribution is 5.92. The molecule has 2 N–H and O–H groups in total. The summed E-state index contributed by atoms with van der Waals surface area (Å²) in [4.78, 5) is 34.0. The van der Waals surface area contributed by atoms with Crippen molar-refractivity contribution in [1.82, 2.24) is 20.2 Å². The molecular weight excluding hydrogens is 364 g/mol. The second-order valence-electron chi connectivity index (χ2n) is 7.89. The number of hydrogen-bond acceptors (Lipinski definition) is 4. The number of benzene rings is 2. The molecule has 0 atom stereocenters. The largest absolute Gasteiger partial charge is 0.345 e. The van der Waals surface area contributed by atoms with Crippen molar-refractivity contribution in [2.45, 2.75) is 32.9 Å². The smallest absolute Gasteiger partial charge is 0.287 e. The minimum Gasteiger partial charge on any atom is -0.345 e. The minimum absolute atomic E-state index is 0.0345. The number of likely N-dealkylation sites (tertiary alicyclic amines) is 1. The lowest BCUT2D eigenvalue weighted by atomic mass is 9.98. The molecule has 1 aromatic heterocycles. The summed E-state index contributed by atoms with van der Waals surface area (Å²) in [6, 6.07) is 15.3. The van der Waals surface area contributed by atoms with Crippen LogP contribution in [0.25, 0.3) is 10.9 Å². The van der Waals surface area contributed by atoms with E-state index in [0.29, 0.717) is 17.4 Å². The Morgan fingerprint density at radius 1 is 1.14 bits per heavy atom. The number of amides is 1. The van der Waals surface area contributed by atoms with Crippen molar-refractivity contribution < 1.29 is 4.79 Å². The van der Waals surface area contributed by atoms with Gasteiger partial charge in [-0.3, -0.25) is 14.5 Å². The number of fused-ring (bicyclic) bond motifs is 1. The van der Waals surface area contributed by atoms with Crippen molar-refractivity contribution in [1.29, 1.82) is 0 Å². The standard InChI is InChI=1S/C23H26N4O2/c1-16-9-11-27(12-10-16)15-18-6-4-5-17(13-18)14-24-23(29)21-25-20-8-3-2-7-19(20)22(28)26-21/h2-8,13,16H,9-12,14-15H2,1H3,(H,24,29)(H,25,26,28). The number of rotatable bonds is 5. The van der Waals surface area contributed by atoms with Crippen LogP contribution in [0, 0.1) is 5.92 Å². The highest BCUT2D eigenvalue weighted by atomic mass is 16.2. The predicted octanol–water partition coefficient (Wildman–Crippen LogP) is 3.09. The summed E-state index contributed by atoms with van der Waals surface area (Å²) < 4.78 is 0. The normalized spacial score (nSPS) is 15.5. The third kappa shape index (κ3) is 4.71. The second kappa shape index (κ2) is 8.57. The van der Waals surface area contributed by atoms with Gasteiger partial charge in [-0.05, 0) is 55.1 Å². The molecule has 0 unspecified atom stereocenters. The zero-order valence-electron chi connectivity index (χ0n) is 16.6. The molecule has 3 aromatic rings. The number of aromatic nitrogens is 2. The highest BCUT2D eigenvalue weighted by Gasteiger charge is 2.16. The molecule has 6 nitrogen and oxygen atoms in total. The fourth-order valence-electron chi connectivity index (χ4n) is 3.78. The number of nitrogens with zero attached hydrogens (tertiary/aromatic N) is 2. The minimum atomic E-state index is -0.386. The number of hydrogen-bond donors (Lipinski definition) is 2. The molecule has 29 heavy (non-hydrogen) atoms. The number of carbonyl (C=O) groups excluding carboxylic acids is 1. The third-order valence-electron chi connectivity index (χ3n) is 5.55. The lowest BCUT2D eigenvalue weighted by Gasteiger charge is -2.30. The number of H-pyrrole nitrogens is 1. The van der Waals surface area contributed by atoms with Gasteiger partial charge in [0.2, 0.25) is 0 Å². The molecule has 150 valence electrons. The van der Waals surface area contributed by atoms with Gasteiger partial charge in [-0.2, -0.15) is 0 Å². The third-order valence-corrected chi connectivity index (χ3v) is 5.55. The Kier molecular flexibility index (Phi) is 5.71. The zero-order chi connectivity index (χ0) is 20.2. The number of piperidine rings is 1. The van der Waals surface area contributed by atoms with Crippen LogP contribution in [0.1, 0.15) is 41.5 Å². The van der Waals surface area contributed by atoms with Gasteiger partial charge in [0, 0.05) is 13.1 Å².